The Labute approximate surface area is 91.6 Å². The number of hydrogen-bond acceptors (Lipinski definition) is 8. The van der Waals surface area contributed by atoms with Crippen molar-refractivity contribution in [3.05, 3.63) is 0 Å². The van der Waals surface area contributed by atoms with E-state index < -0.39 is 42.9 Å². The van der Waals surface area contributed by atoms with Gasteiger partial charge in [0, 0.05) is 0 Å². The molecule has 16 heavy (non-hydrogen) atoms. The molecule has 0 amide bonds. The van der Waals surface area contributed by atoms with Gasteiger partial charge in [-0.05, 0) is 6.92 Å². The Balaban J connectivity index is 4.66. The second-order valence-electron chi connectivity index (χ2n) is 3.63. The molecule has 5 atom stereocenters. The zero-order chi connectivity index (χ0) is 13.1. The van der Waals surface area contributed by atoms with E-state index in [1.807, 2.05) is 0 Å². The summed E-state index contributed by atoms with van der Waals surface area (Å²) in [6, 6.07) is 0. The number of hydrogen-bond donors (Lipinski definition) is 8. The van der Waals surface area contributed by atoms with Crippen LogP contribution in [0.25, 0.3) is 0 Å². The second kappa shape index (κ2) is 5.84. The Morgan fingerprint density at radius 3 is 1.69 bits per heavy atom. The number of aliphatic hydroxyl groups is 8. The first-order valence-corrected chi connectivity index (χ1v) is 4.62. The van der Waals surface area contributed by atoms with Gasteiger partial charge in [0.15, 0.2) is 0 Å². The van der Waals surface area contributed by atoms with E-state index >= 15 is 0 Å². The van der Waals surface area contributed by atoms with E-state index in [0.29, 0.717) is 0 Å². The molecule has 8 heteroatoms. The van der Waals surface area contributed by atoms with Crippen molar-refractivity contribution in [2.45, 2.75) is 43.2 Å². The summed E-state index contributed by atoms with van der Waals surface area (Å²) < 4.78 is 0. The third-order valence-corrected chi connectivity index (χ3v) is 2.30. The van der Waals surface area contributed by atoms with Gasteiger partial charge in [-0.15, -0.1) is 0 Å². The highest BCUT2D eigenvalue weighted by atomic mass is 16.5. The molecule has 0 spiro atoms. The van der Waals surface area contributed by atoms with E-state index in [1.165, 1.54) is 0 Å². The van der Waals surface area contributed by atoms with Crippen molar-refractivity contribution < 1.29 is 40.9 Å². The molecule has 0 aliphatic heterocycles. The summed E-state index contributed by atoms with van der Waals surface area (Å²) in [4.78, 5) is 0. The lowest BCUT2D eigenvalue weighted by Gasteiger charge is -2.35. The highest BCUT2D eigenvalue weighted by Crippen LogP contribution is 2.18. The molecule has 0 saturated heterocycles. The van der Waals surface area contributed by atoms with E-state index in [9.17, 15) is 25.5 Å². The molecule has 0 aromatic heterocycles. The summed E-state index contributed by atoms with van der Waals surface area (Å²) in [6.07, 6.45) is -10.0. The first-order valence-electron chi connectivity index (χ1n) is 4.62. The van der Waals surface area contributed by atoms with Crippen LogP contribution in [0.15, 0.2) is 0 Å². The first-order chi connectivity index (χ1) is 7.16. The normalized spacial score (nSPS) is 22.3. The van der Waals surface area contributed by atoms with Crippen LogP contribution in [0.2, 0.25) is 0 Å². The zero-order valence-electron chi connectivity index (χ0n) is 8.67. The van der Waals surface area contributed by atoms with Crippen LogP contribution in [0, 0.1) is 0 Å². The fourth-order valence-corrected chi connectivity index (χ4v) is 1.02. The summed E-state index contributed by atoms with van der Waals surface area (Å²) in [5.74, 6) is -3.05. The maximum atomic E-state index is 9.27. The average Bonchev–Trinajstić information content (AvgIpc) is 2.24. The minimum Gasteiger partial charge on any atom is -0.394 e. The molecule has 0 radical (unpaired) electrons. The molecule has 98 valence electrons. The minimum atomic E-state index is -3.05. The molecule has 0 rings (SSSR count). The van der Waals surface area contributed by atoms with Crippen molar-refractivity contribution in [2.75, 3.05) is 6.61 Å². The zero-order valence-corrected chi connectivity index (χ0v) is 8.67. The Bertz CT molecular complexity index is 206. The van der Waals surface area contributed by atoms with Crippen LogP contribution in [-0.2, 0) is 0 Å². The van der Waals surface area contributed by atoms with Crippen LogP contribution in [0.4, 0.5) is 0 Å². The van der Waals surface area contributed by atoms with E-state index in [4.69, 9.17) is 15.3 Å². The Kier molecular flexibility index (Phi) is 5.73. The lowest BCUT2D eigenvalue weighted by atomic mass is 9.94. The van der Waals surface area contributed by atoms with Gasteiger partial charge >= 0.3 is 0 Å². The van der Waals surface area contributed by atoms with Crippen LogP contribution in [0.5, 0.6) is 0 Å². The maximum Gasteiger partial charge on any atom is 0.218 e. The summed E-state index contributed by atoms with van der Waals surface area (Å²) in [7, 11) is 0. The van der Waals surface area contributed by atoms with Crippen molar-refractivity contribution in [1.29, 1.82) is 0 Å². The highest BCUT2D eigenvalue weighted by Gasteiger charge is 2.45. The van der Waals surface area contributed by atoms with Crippen molar-refractivity contribution >= 4 is 0 Å². The molecule has 0 heterocycles. The lowest BCUT2D eigenvalue weighted by Crippen LogP contribution is -2.60. The molecule has 0 aromatic carbocycles. The Morgan fingerprint density at radius 1 is 0.938 bits per heavy atom. The smallest absolute Gasteiger partial charge is 0.218 e. The lowest BCUT2D eigenvalue weighted by molar-refractivity contribution is -0.296. The quantitative estimate of drug-likeness (QED) is 0.216. The van der Waals surface area contributed by atoms with Gasteiger partial charge in [-0.3, -0.25) is 0 Å². The van der Waals surface area contributed by atoms with Crippen molar-refractivity contribution in [2.24, 2.45) is 0 Å². The molecule has 0 aliphatic rings. The largest absolute Gasteiger partial charge is 0.394 e. The fraction of sp³-hybridized carbons (Fsp3) is 1.00. The standard InChI is InChI=1S/C8H18O8/c1-3(10)8(15,16)7(14)6(13)5(12)4(11)2-9/h3-7,9-16H,2H2,1H3. The van der Waals surface area contributed by atoms with Crippen molar-refractivity contribution in [3.8, 4) is 0 Å². The van der Waals surface area contributed by atoms with Crippen molar-refractivity contribution in [3.63, 3.8) is 0 Å². The minimum absolute atomic E-state index is 0.885. The Hall–Kier alpha value is -0.320. The molecular weight excluding hydrogens is 224 g/mol. The maximum absolute atomic E-state index is 9.27. The first kappa shape index (κ1) is 15.7. The summed E-state index contributed by atoms with van der Waals surface area (Å²) in [5, 5.41) is 72.4. The van der Waals surface area contributed by atoms with Gasteiger partial charge < -0.3 is 40.9 Å². The topological polar surface area (TPSA) is 162 Å². The van der Waals surface area contributed by atoms with Crippen LogP contribution in [0.3, 0.4) is 0 Å². The van der Waals surface area contributed by atoms with Gasteiger partial charge in [-0.25, -0.2) is 0 Å². The number of rotatable bonds is 6. The second-order valence-corrected chi connectivity index (χ2v) is 3.63. The molecule has 0 bridgehead atoms. The van der Waals surface area contributed by atoms with Gasteiger partial charge in [0.1, 0.15) is 30.5 Å². The highest BCUT2D eigenvalue weighted by molar-refractivity contribution is 4.90. The Morgan fingerprint density at radius 2 is 1.38 bits per heavy atom. The summed E-state index contributed by atoms with van der Waals surface area (Å²) in [6.45, 7) is 0.0638. The molecule has 0 aliphatic carbocycles. The molecule has 5 unspecified atom stereocenters. The molecule has 0 fully saturated rings. The number of aliphatic hydroxyl groups excluding tert-OH is 6. The van der Waals surface area contributed by atoms with Crippen LogP contribution in [-0.4, -0.2) is 83.8 Å². The van der Waals surface area contributed by atoms with Gasteiger partial charge in [0.25, 0.3) is 0 Å². The van der Waals surface area contributed by atoms with E-state index in [2.05, 4.69) is 0 Å². The van der Waals surface area contributed by atoms with Gasteiger partial charge in [0.2, 0.25) is 5.79 Å². The monoisotopic (exact) mass is 242 g/mol. The van der Waals surface area contributed by atoms with Gasteiger partial charge in [-0.2, -0.15) is 0 Å². The molecular formula is C8H18O8. The van der Waals surface area contributed by atoms with Crippen LogP contribution >= 0.6 is 0 Å². The molecule has 8 N–H and O–H groups in total. The van der Waals surface area contributed by atoms with E-state index in [-0.39, 0.29) is 0 Å². The third kappa shape index (κ3) is 3.34. The van der Waals surface area contributed by atoms with Crippen molar-refractivity contribution in [1.82, 2.24) is 0 Å². The average molecular weight is 242 g/mol. The summed E-state index contributed by atoms with van der Waals surface area (Å²) in [5.41, 5.74) is 0. The predicted octanol–water partition coefficient (Wildman–Crippen LogP) is -4.52. The van der Waals surface area contributed by atoms with E-state index in [1.54, 1.807) is 0 Å². The SMILES string of the molecule is CC(O)C(O)(O)C(O)C(O)C(O)C(O)CO. The third-order valence-electron chi connectivity index (χ3n) is 2.30. The van der Waals surface area contributed by atoms with Gasteiger partial charge in [-0.1, -0.05) is 0 Å². The van der Waals surface area contributed by atoms with E-state index in [0.717, 1.165) is 6.92 Å². The van der Waals surface area contributed by atoms with Gasteiger partial charge in [0.05, 0.1) is 6.61 Å². The fourth-order valence-electron chi connectivity index (χ4n) is 1.02. The molecule has 0 saturated carbocycles. The summed E-state index contributed by atoms with van der Waals surface area (Å²) >= 11 is 0. The molecule has 8 nitrogen and oxygen atoms in total. The van der Waals surface area contributed by atoms with Crippen LogP contribution < -0.4 is 0 Å². The van der Waals surface area contributed by atoms with Crippen LogP contribution in [0.1, 0.15) is 6.92 Å². The predicted molar refractivity (Wildman–Crippen MR) is 50.0 cm³/mol. The molecule has 0 aromatic rings.